The monoisotopic (exact) mass is 286 g/mol. The molecule has 0 aromatic carbocycles. The van der Waals surface area contributed by atoms with Crippen LogP contribution >= 0.6 is 0 Å². The van der Waals surface area contributed by atoms with Crippen molar-refractivity contribution in [3.05, 3.63) is 60.2 Å². The fourth-order valence-corrected chi connectivity index (χ4v) is 2.01. The van der Waals surface area contributed by atoms with Gasteiger partial charge in [-0.05, 0) is 24.3 Å². The number of nitrogen functional groups attached to an aromatic ring is 1. The molecule has 0 fully saturated rings. The Morgan fingerprint density at radius 3 is 2.24 bits per heavy atom. The number of hydrogen-bond acceptors (Lipinski definition) is 5. The van der Waals surface area contributed by atoms with Gasteiger partial charge in [-0.1, -0.05) is 0 Å². The predicted octanol–water partition coefficient (Wildman–Crippen LogP) is 2.02. The van der Waals surface area contributed by atoms with Crippen molar-refractivity contribution in [2.24, 2.45) is 0 Å². The van der Waals surface area contributed by atoms with Crippen LogP contribution in [0.15, 0.2) is 51.8 Å². The molecule has 0 saturated heterocycles. The van der Waals surface area contributed by atoms with Gasteiger partial charge in [-0.3, -0.25) is 9.89 Å². The number of aromatic amines is 1. The smallest absolute Gasteiger partial charge is 0.274 e. The minimum Gasteiger partial charge on any atom is -0.467 e. The van der Waals surface area contributed by atoms with E-state index in [1.54, 1.807) is 41.7 Å². The summed E-state index contributed by atoms with van der Waals surface area (Å²) in [7, 11) is 0. The van der Waals surface area contributed by atoms with Gasteiger partial charge in [0.25, 0.3) is 5.91 Å². The van der Waals surface area contributed by atoms with Crippen molar-refractivity contribution in [3.8, 4) is 0 Å². The summed E-state index contributed by atoms with van der Waals surface area (Å²) in [5, 5.41) is 6.39. The number of nitrogens with two attached hydrogens (primary N) is 1. The summed E-state index contributed by atoms with van der Waals surface area (Å²) < 4.78 is 10.6. The Hall–Kier alpha value is -2.96. The zero-order chi connectivity index (χ0) is 14.7. The molecule has 0 saturated carbocycles. The van der Waals surface area contributed by atoms with E-state index in [1.807, 2.05) is 0 Å². The molecule has 0 unspecified atom stereocenters. The van der Waals surface area contributed by atoms with Gasteiger partial charge in [-0.15, -0.1) is 0 Å². The van der Waals surface area contributed by atoms with E-state index in [0.717, 1.165) is 0 Å². The number of anilines is 1. The van der Waals surface area contributed by atoms with Gasteiger partial charge in [-0.2, -0.15) is 5.10 Å². The molecule has 7 nitrogen and oxygen atoms in total. The van der Waals surface area contributed by atoms with Crippen molar-refractivity contribution < 1.29 is 13.6 Å². The lowest BCUT2D eigenvalue weighted by Crippen LogP contribution is -2.30. The third kappa shape index (κ3) is 2.81. The van der Waals surface area contributed by atoms with Crippen LogP contribution in [-0.2, 0) is 13.1 Å². The molecule has 108 valence electrons. The van der Waals surface area contributed by atoms with Crippen molar-refractivity contribution in [2.75, 3.05) is 5.73 Å². The average molecular weight is 286 g/mol. The number of carbonyl (C=O) groups excluding carboxylic acids is 1. The van der Waals surface area contributed by atoms with E-state index >= 15 is 0 Å². The number of nitrogens with one attached hydrogen (secondary N) is 1. The highest BCUT2D eigenvalue weighted by atomic mass is 16.3. The normalized spacial score (nSPS) is 10.7. The molecular weight excluding hydrogens is 272 g/mol. The molecule has 0 aliphatic carbocycles. The van der Waals surface area contributed by atoms with Crippen LogP contribution in [0, 0.1) is 0 Å². The Bertz CT molecular complexity index is 664. The van der Waals surface area contributed by atoms with Gasteiger partial charge in [0.15, 0.2) is 0 Å². The molecule has 3 aromatic heterocycles. The molecule has 0 atom stereocenters. The molecule has 0 radical (unpaired) electrons. The Balaban J connectivity index is 1.84. The summed E-state index contributed by atoms with van der Waals surface area (Å²) in [6, 6.07) is 7.16. The molecule has 0 aliphatic rings. The molecule has 21 heavy (non-hydrogen) atoms. The summed E-state index contributed by atoms with van der Waals surface area (Å²) in [5.74, 6) is 1.08. The lowest BCUT2D eigenvalue weighted by atomic mass is 10.3. The molecular formula is C14H14N4O3. The number of nitrogens with zero attached hydrogens (tertiary/aromatic N) is 2. The number of hydrogen-bond donors (Lipinski definition) is 2. The van der Waals surface area contributed by atoms with Crippen LogP contribution in [-0.4, -0.2) is 21.0 Å². The third-order valence-corrected chi connectivity index (χ3v) is 3.02. The summed E-state index contributed by atoms with van der Waals surface area (Å²) in [6.45, 7) is 0.621. The van der Waals surface area contributed by atoms with Crippen LogP contribution in [0.1, 0.15) is 22.0 Å². The van der Waals surface area contributed by atoms with Crippen molar-refractivity contribution in [1.82, 2.24) is 15.1 Å². The number of carbonyl (C=O) groups is 1. The number of rotatable bonds is 5. The predicted molar refractivity (Wildman–Crippen MR) is 74.0 cm³/mol. The lowest BCUT2D eigenvalue weighted by molar-refractivity contribution is 0.0700. The summed E-state index contributed by atoms with van der Waals surface area (Å²) in [6.07, 6.45) is 4.54. The third-order valence-electron chi connectivity index (χ3n) is 3.02. The Morgan fingerprint density at radius 2 is 1.81 bits per heavy atom. The molecule has 7 heteroatoms. The summed E-state index contributed by atoms with van der Waals surface area (Å²) in [4.78, 5) is 14.1. The molecule has 3 aromatic rings. The van der Waals surface area contributed by atoms with Crippen molar-refractivity contribution in [3.63, 3.8) is 0 Å². The van der Waals surface area contributed by atoms with Gasteiger partial charge in [0, 0.05) is 0 Å². The van der Waals surface area contributed by atoms with E-state index in [-0.39, 0.29) is 11.6 Å². The van der Waals surface area contributed by atoms with Crippen molar-refractivity contribution in [1.29, 1.82) is 0 Å². The molecule has 3 heterocycles. The highest BCUT2D eigenvalue weighted by Crippen LogP contribution is 2.16. The van der Waals surface area contributed by atoms with Crippen LogP contribution in [0.25, 0.3) is 0 Å². The van der Waals surface area contributed by atoms with Crippen LogP contribution in [0.5, 0.6) is 0 Å². The van der Waals surface area contributed by atoms with E-state index in [0.29, 0.717) is 30.3 Å². The molecule has 3 rings (SSSR count). The summed E-state index contributed by atoms with van der Waals surface area (Å²) >= 11 is 0. The second kappa shape index (κ2) is 5.58. The zero-order valence-electron chi connectivity index (χ0n) is 11.2. The first-order valence-corrected chi connectivity index (χ1v) is 6.37. The van der Waals surface area contributed by atoms with E-state index in [1.165, 1.54) is 6.20 Å². The first-order valence-electron chi connectivity index (χ1n) is 6.37. The second-order valence-corrected chi connectivity index (χ2v) is 4.52. The fourth-order valence-electron chi connectivity index (χ4n) is 2.01. The van der Waals surface area contributed by atoms with Crippen LogP contribution in [0.4, 0.5) is 5.69 Å². The van der Waals surface area contributed by atoms with E-state index in [2.05, 4.69) is 10.2 Å². The molecule has 1 amide bonds. The SMILES string of the molecule is Nc1cn[nH]c1C(=O)N(Cc1ccco1)Cc1ccco1. The first-order chi connectivity index (χ1) is 10.2. The van der Waals surface area contributed by atoms with Crippen LogP contribution in [0.2, 0.25) is 0 Å². The lowest BCUT2D eigenvalue weighted by Gasteiger charge is -2.20. The maximum Gasteiger partial charge on any atom is 0.274 e. The van der Waals surface area contributed by atoms with E-state index in [4.69, 9.17) is 14.6 Å². The average Bonchev–Trinajstić information content (AvgIpc) is 3.19. The minimum atomic E-state index is -0.266. The van der Waals surface area contributed by atoms with E-state index in [9.17, 15) is 4.79 Å². The van der Waals surface area contributed by atoms with Crippen LogP contribution < -0.4 is 5.73 Å². The molecule has 3 N–H and O–H groups in total. The van der Waals surface area contributed by atoms with Gasteiger partial charge in [-0.25, -0.2) is 0 Å². The molecule has 0 spiro atoms. The quantitative estimate of drug-likeness (QED) is 0.747. The van der Waals surface area contributed by atoms with Gasteiger partial charge in [0.2, 0.25) is 0 Å². The summed E-state index contributed by atoms with van der Waals surface area (Å²) in [5.41, 5.74) is 6.30. The van der Waals surface area contributed by atoms with Gasteiger partial charge < -0.3 is 19.5 Å². The second-order valence-electron chi connectivity index (χ2n) is 4.52. The van der Waals surface area contributed by atoms with Crippen molar-refractivity contribution >= 4 is 11.6 Å². The topological polar surface area (TPSA) is 101 Å². The maximum atomic E-state index is 12.6. The maximum absolute atomic E-state index is 12.6. The Morgan fingerprint density at radius 1 is 1.19 bits per heavy atom. The Labute approximate surface area is 120 Å². The number of furan rings is 2. The van der Waals surface area contributed by atoms with E-state index < -0.39 is 0 Å². The highest BCUT2D eigenvalue weighted by Gasteiger charge is 2.22. The molecule has 0 bridgehead atoms. The minimum absolute atomic E-state index is 0.258. The standard InChI is InChI=1S/C14H14N4O3/c15-12-7-16-17-13(12)14(19)18(8-10-3-1-5-20-10)9-11-4-2-6-21-11/h1-7H,8-9,15H2,(H,16,17). The fraction of sp³-hybridized carbons (Fsp3) is 0.143. The largest absolute Gasteiger partial charge is 0.467 e. The number of H-pyrrole nitrogens is 1. The van der Waals surface area contributed by atoms with Gasteiger partial charge in [0.05, 0.1) is 37.5 Å². The number of aromatic nitrogens is 2. The highest BCUT2D eigenvalue weighted by molar-refractivity contribution is 5.96. The Kier molecular flexibility index (Phi) is 3.46. The van der Waals surface area contributed by atoms with Crippen molar-refractivity contribution in [2.45, 2.75) is 13.1 Å². The molecule has 0 aliphatic heterocycles. The van der Waals surface area contributed by atoms with Gasteiger partial charge >= 0.3 is 0 Å². The zero-order valence-corrected chi connectivity index (χ0v) is 11.2. The van der Waals surface area contributed by atoms with Gasteiger partial charge in [0.1, 0.15) is 17.2 Å². The first kappa shape index (κ1) is 13.0. The number of amides is 1. The van der Waals surface area contributed by atoms with Crippen LogP contribution in [0.3, 0.4) is 0 Å².